The summed E-state index contributed by atoms with van der Waals surface area (Å²) in [5.74, 6) is -0.348. The molecule has 0 saturated carbocycles. The third-order valence-electron chi connectivity index (χ3n) is 4.87. The van der Waals surface area contributed by atoms with Crippen molar-refractivity contribution < 1.29 is 27.5 Å². The van der Waals surface area contributed by atoms with E-state index in [9.17, 15) is 22.8 Å². The van der Waals surface area contributed by atoms with Crippen molar-refractivity contribution in [2.45, 2.75) is 31.1 Å². The Morgan fingerprint density at radius 1 is 1.24 bits per heavy atom. The number of likely N-dealkylation sites (tertiary alicyclic amines) is 2. The van der Waals surface area contributed by atoms with Gasteiger partial charge < -0.3 is 14.5 Å². The molecule has 2 heterocycles. The lowest BCUT2D eigenvalue weighted by molar-refractivity contribution is -0.137. The fourth-order valence-corrected chi connectivity index (χ4v) is 3.63. The lowest BCUT2D eigenvalue weighted by atomic mass is 10.1. The second-order valence-corrected chi connectivity index (χ2v) is 6.28. The van der Waals surface area contributed by atoms with E-state index >= 15 is 0 Å². The number of amides is 2. The fourth-order valence-electron chi connectivity index (χ4n) is 3.63. The normalized spacial score (nSPS) is 23.3. The number of benzene rings is 1. The number of ether oxygens (including phenoxy) is 1. The number of halogens is 3. The summed E-state index contributed by atoms with van der Waals surface area (Å²) >= 11 is 0. The Hall–Kier alpha value is -2.09. The van der Waals surface area contributed by atoms with Crippen molar-refractivity contribution >= 4 is 11.8 Å². The van der Waals surface area contributed by atoms with E-state index in [-0.39, 0.29) is 35.9 Å². The van der Waals surface area contributed by atoms with Gasteiger partial charge in [-0.2, -0.15) is 13.2 Å². The minimum Gasteiger partial charge on any atom is -0.383 e. The van der Waals surface area contributed by atoms with E-state index in [0.29, 0.717) is 26.1 Å². The van der Waals surface area contributed by atoms with Crippen LogP contribution < -0.4 is 0 Å². The Morgan fingerprint density at radius 2 is 1.92 bits per heavy atom. The molecule has 0 N–H and O–H groups in total. The number of fused-ring (bicyclic) bond motifs is 1. The molecule has 0 bridgehead atoms. The van der Waals surface area contributed by atoms with Crippen LogP contribution in [0.3, 0.4) is 0 Å². The molecular weight excluding hydrogens is 337 g/mol. The molecule has 136 valence electrons. The highest BCUT2D eigenvalue weighted by Gasteiger charge is 2.48. The summed E-state index contributed by atoms with van der Waals surface area (Å²) in [5.41, 5.74) is -0.582. The van der Waals surface area contributed by atoms with Gasteiger partial charge in [-0.15, -0.1) is 0 Å². The summed E-state index contributed by atoms with van der Waals surface area (Å²) in [4.78, 5) is 28.2. The van der Waals surface area contributed by atoms with Crippen molar-refractivity contribution in [3.8, 4) is 0 Å². The Labute approximate surface area is 143 Å². The second kappa shape index (κ2) is 6.67. The number of alkyl halides is 3. The van der Waals surface area contributed by atoms with E-state index in [2.05, 4.69) is 0 Å². The largest absolute Gasteiger partial charge is 0.416 e. The van der Waals surface area contributed by atoms with Crippen molar-refractivity contribution in [1.82, 2.24) is 9.80 Å². The van der Waals surface area contributed by atoms with E-state index in [1.165, 1.54) is 12.1 Å². The summed E-state index contributed by atoms with van der Waals surface area (Å²) < 4.78 is 42.9. The average Bonchev–Trinajstić information content (AvgIpc) is 3.10. The van der Waals surface area contributed by atoms with Gasteiger partial charge in [0.05, 0.1) is 24.3 Å². The van der Waals surface area contributed by atoms with Crippen LogP contribution in [0.5, 0.6) is 0 Å². The molecule has 0 aromatic heterocycles. The quantitative estimate of drug-likeness (QED) is 0.831. The van der Waals surface area contributed by atoms with Gasteiger partial charge in [0.2, 0.25) is 5.91 Å². The Kier molecular flexibility index (Phi) is 4.73. The highest BCUT2D eigenvalue weighted by molar-refractivity contribution is 5.95. The van der Waals surface area contributed by atoms with Crippen molar-refractivity contribution in [2.24, 2.45) is 0 Å². The lowest BCUT2D eigenvalue weighted by Crippen LogP contribution is -2.40. The molecule has 0 radical (unpaired) electrons. The van der Waals surface area contributed by atoms with Crippen molar-refractivity contribution in [1.29, 1.82) is 0 Å². The molecule has 2 amide bonds. The molecule has 3 rings (SSSR count). The maximum atomic E-state index is 12.7. The first kappa shape index (κ1) is 17.7. The predicted molar refractivity (Wildman–Crippen MR) is 82.9 cm³/mol. The minimum absolute atomic E-state index is 0.0167. The van der Waals surface area contributed by atoms with Crippen LogP contribution in [0.2, 0.25) is 0 Å². The number of rotatable bonds is 4. The highest BCUT2D eigenvalue weighted by Crippen LogP contribution is 2.34. The van der Waals surface area contributed by atoms with Crippen LogP contribution in [0.1, 0.15) is 28.8 Å². The van der Waals surface area contributed by atoms with E-state index in [0.717, 1.165) is 12.1 Å². The van der Waals surface area contributed by atoms with Crippen molar-refractivity contribution in [2.75, 3.05) is 26.8 Å². The maximum Gasteiger partial charge on any atom is 0.416 e. The zero-order valence-electron chi connectivity index (χ0n) is 13.8. The summed E-state index contributed by atoms with van der Waals surface area (Å²) in [6.07, 6.45) is -3.51. The van der Waals surface area contributed by atoms with Gasteiger partial charge in [0, 0.05) is 32.2 Å². The van der Waals surface area contributed by atoms with Crippen LogP contribution in [0.25, 0.3) is 0 Å². The van der Waals surface area contributed by atoms with E-state index in [4.69, 9.17) is 4.74 Å². The van der Waals surface area contributed by atoms with Gasteiger partial charge in [0.1, 0.15) is 0 Å². The zero-order chi connectivity index (χ0) is 18.2. The molecule has 2 saturated heterocycles. The van der Waals surface area contributed by atoms with Crippen LogP contribution in [-0.4, -0.2) is 60.5 Å². The Bertz CT molecular complexity index is 660. The van der Waals surface area contributed by atoms with Crippen LogP contribution in [0.4, 0.5) is 13.2 Å². The molecule has 2 aliphatic heterocycles. The highest BCUT2D eigenvalue weighted by atomic mass is 19.4. The molecule has 0 spiro atoms. The summed E-state index contributed by atoms with van der Waals surface area (Å²) in [5, 5.41) is 0. The summed E-state index contributed by atoms with van der Waals surface area (Å²) in [6, 6.07) is 3.94. The average molecular weight is 356 g/mol. The predicted octanol–water partition coefficient (Wildman–Crippen LogP) is 2.17. The molecular formula is C17H19F3N2O3. The van der Waals surface area contributed by atoms with Crippen LogP contribution in [0, 0.1) is 0 Å². The first-order valence-electron chi connectivity index (χ1n) is 8.09. The summed E-state index contributed by atoms with van der Waals surface area (Å²) in [6.45, 7) is 1.41. The molecule has 1 aromatic rings. The van der Waals surface area contributed by atoms with Crippen LogP contribution >= 0.6 is 0 Å². The van der Waals surface area contributed by atoms with Gasteiger partial charge in [0.15, 0.2) is 0 Å². The molecule has 8 heteroatoms. The number of hydrogen-bond donors (Lipinski definition) is 0. The molecule has 2 fully saturated rings. The Morgan fingerprint density at radius 3 is 2.52 bits per heavy atom. The van der Waals surface area contributed by atoms with E-state index in [1.807, 2.05) is 0 Å². The summed E-state index contributed by atoms with van der Waals surface area (Å²) in [7, 11) is 1.56. The molecule has 25 heavy (non-hydrogen) atoms. The monoisotopic (exact) mass is 356 g/mol. The first-order valence-corrected chi connectivity index (χ1v) is 8.09. The van der Waals surface area contributed by atoms with Crippen molar-refractivity contribution in [3.63, 3.8) is 0 Å². The van der Waals surface area contributed by atoms with Gasteiger partial charge in [-0.25, -0.2) is 0 Å². The topological polar surface area (TPSA) is 49.9 Å². The minimum atomic E-state index is -4.43. The third kappa shape index (κ3) is 3.35. The van der Waals surface area contributed by atoms with Gasteiger partial charge in [-0.3, -0.25) is 9.59 Å². The lowest BCUT2D eigenvalue weighted by Gasteiger charge is -2.25. The fraction of sp³-hybridized carbons (Fsp3) is 0.529. The first-order chi connectivity index (χ1) is 11.8. The van der Waals surface area contributed by atoms with Gasteiger partial charge >= 0.3 is 6.18 Å². The molecule has 5 nitrogen and oxygen atoms in total. The molecule has 1 aromatic carbocycles. The second-order valence-electron chi connectivity index (χ2n) is 6.28. The number of carbonyl (C=O) groups is 2. The van der Waals surface area contributed by atoms with Gasteiger partial charge in [0.25, 0.3) is 5.91 Å². The number of methoxy groups -OCH3 is 1. The molecule has 2 aliphatic rings. The van der Waals surface area contributed by atoms with E-state index in [1.54, 1.807) is 16.9 Å². The third-order valence-corrected chi connectivity index (χ3v) is 4.87. The van der Waals surface area contributed by atoms with Gasteiger partial charge in [-0.1, -0.05) is 0 Å². The molecule has 0 aliphatic carbocycles. The van der Waals surface area contributed by atoms with E-state index < -0.39 is 11.7 Å². The number of carbonyl (C=O) groups excluding carboxylic acids is 2. The maximum absolute atomic E-state index is 12.7. The van der Waals surface area contributed by atoms with Crippen molar-refractivity contribution in [3.05, 3.63) is 35.4 Å². The standard InChI is InChI=1S/C17H19F3N2O3/c1-25-9-8-21-13-6-7-22(14(13)10-15(21)23)16(24)11-2-4-12(5-3-11)17(18,19)20/h2-5,13-14H,6-10H2,1H3/t13-,14+/m0/s1. The Balaban J connectivity index is 1.73. The smallest absolute Gasteiger partial charge is 0.383 e. The molecule has 0 unspecified atom stereocenters. The van der Waals surface area contributed by atoms with Crippen LogP contribution in [-0.2, 0) is 15.7 Å². The van der Waals surface area contributed by atoms with Crippen LogP contribution in [0.15, 0.2) is 24.3 Å². The van der Waals surface area contributed by atoms with Gasteiger partial charge in [-0.05, 0) is 30.7 Å². The number of nitrogens with zero attached hydrogens (tertiary/aromatic N) is 2. The SMILES string of the molecule is COCCN1C(=O)C[C@@H]2[C@@H]1CCN2C(=O)c1ccc(C(F)(F)F)cc1. The zero-order valence-corrected chi connectivity index (χ0v) is 13.8. The number of hydrogen-bond acceptors (Lipinski definition) is 3. The molecule has 2 atom stereocenters.